The summed E-state index contributed by atoms with van der Waals surface area (Å²) < 4.78 is 77.8. The lowest BCUT2D eigenvalue weighted by atomic mass is 9.76. The van der Waals surface area contributed by atoms with Crippen LogP contribution in [0.15, 0.2) is 24.3 Å². The van der Waals surface area contributed by atoms with Crippen LogP contribution in [0.4, 0.5) is 17.6 Å². The van der Waals surface area contributed by atoms with Crippen LogP contribution in [0.25, 0.3) is 0 Å². The van der Waals surface area contributed by atoms with Gasteiger partial charge in [0.2, 0.25) is 0 Å². The molecule has 244 valence electrons. The summed E-state index contributed by atoms with van der Waals surface area (Å²) in [5, 5.41) is 0. The number of rotatable bonds is 4. The molecule has 0 bridgehead atoms. The molecule has 2 saturated heterocycles. The van der Waals surface area contributed by atoms with Gasteiger partial charge in [0, 0.05) is 34.4 Å². The van der Waals surface area contributed by atoms with E-state index in [0.717, 1.165) is 50.4 Å². The Bertz CT molecular complexity index is 1080. The molecule has 4 fully saturated rings. The van der Waals surface area contributed by atoms with Crippen LogP contribution in [-0.2, 0) is 18.9 Å². The standard InChI is InChI=1S/2C18H24F2O2/c1-11-9-21-18(22-10-11)14-5-3-13(4-6-14)15-7-16(19)12(2)17(20)8-15;1-11-3-5-13(6-4-11)15-9-21-18(22-10-15)14-7-16(19)12(2)17(20)8-14/h7-8,11,13-14,18H,3-6,9-10H2,1-2H3;7-8,11,13,15,18H,3-6,9-10H2,1-2H3. The molecule has 6 rings (SSSR count). The van der Waals surface area contributed by atoms with E-state index in [9.17, 15) is 17.6 Å². The number of ether oxygens (including phenoxy) is 4. The van der Waals surface area contributed by atoms with Crippen LogP contribution in [0.5, 0.6) is 0 Å². The van der Waals surface area contributed by atoms with Crippen LogP contribution in [0.3, 0.4) is 0 Å². The summed E-state index contributed by atoms with van der Waals surface area (Å²) in [4.78, 5) is 0. The van der Waals surface area contributed by atoms with Crippen molar-refractivity contribution in [3.8, 4) is 0 Å². The van der Waals surface area contributed by atoms with Gasteiger partial charge in [0.25, 0.3) is 0 Å². The molecule has 2 aliphatic heterocycles. The van der Waals surface area contributed by atoms with Gasteiger partial charge in [-0.2, -0.15) is 0 Å². The molecule has 2 aromatic carbocycles. The van der Waals surface area contributed by atoms with Crippen LogP contribution in [0.2, 0.25) is 0 Å². The Labute approximate surface area is 259 Å². The van der Waals surface area contributed by atoms with E-state index in [2.05, 4.69) is 13.8 Å². The average Bonchev–Trinajstić information content (AvgIpc) is 3.03. The predicted octanol–water partition coefficient (Wildman–Crippen LogP) is 9.32. The summed E-state index contributed by atoms with van der Waals surface area (Å²) >= 11 is 0. The van der Waals surface area contributed by atoms with Gasteiger partial charge in [-0.25, -0.2) is 17.6 Å². The van der Waals surface area contributed by atoms with Crippen molar-refractivity contribution in [1.29, 1.82) is 0 Å². The molecular formula is C36H48F4O4. The van der Waals surface area contributed by atoms with Gasteiger partial charge in [-0.15, -0.1) is 0 Å². The highest BCUT2D eigenvalue weighted by molar-refractivity contribution is 5.28. The fourth-order valence-corrected chi connectivity index (χ4v) is 7.05. The third kappa shape index (κ3) is 8.23. The lowest BCUT2D eigenvalue weighted by molar-refractivity contribution is -0.226. The molecule has 2 aromatic rings. The summed E-state index contributed by atoms with van der Waals surface area (Å²) in [5.41, 5.74) is 1.36. The highest BCUT2D eigenvalue weighted by Crippen LogP contribution is 2.40. The first-order valence-corrected chi connectivity index (χ1v) is 16.5. The number of hydrogen-bond acceptors (Lipinski definition) is 4. The summed E-state index contributed by atoms with van der Waals surface area (Å²) in [7, 11) is 0. The van der Waals surface area contributed by atoms with Crippen LogP contribution >= 0.6 is 0 Å². The molecule has 2 heterocycles. The van der Waals surface area contributed by atoms with Crippen molar-refractivity contribution >= 4 is 0 Å². The maximum atomic E-state index is 13.7. The van der Waals surface area contributed by atoms with Gasteiger partial charge in [0.1, 0.15) is 23.3 Å². The zero-order valence-electron chi connectivity index (χ0n) is 26.6. The van der Waals surface area contributed by atoms with Crippen LogP contribution < -0.4 is 0 Å². The van der Waals surface area contributed by atoms with Crippen molar-refractivity contribution in [3.05, 3.63) is 69.8 Å². The summed E-state index contributed by atoms with van der Waals surface area (Å²) in [5.74, 6) is 1.02. The third-order valence-corrected chi connectivity index (χ3v) is 10.2. The number of benzene rings is 2. The second-order valence-corrected chi connectivity index (χ2v) is 13.7. The summed E-state index contributed by atoms with van der Waals surface area (Å²) in [6, 6.07) is 5.62. The van der Waals surface area contributed by atoms with E-state index in [1.165, 1.54) is 63.8 Å². The Morgan fingerprint density at radius 1 is 0.500 bits per heavy atom. The average molecular weight is 621 g/mol. The molecule has 0 spiro atoms. The monoisotopic (exact) mass is 620 g/mol. The SMILES string of the molecule is Cc1c(F)cc(C2CCC(C3OCC(C)CO3)CC2)cc1F.Cc1c(F)cc(C2OCC(C3CCC(C)CC3)CO2)cc1F. The fourth-order valence-electron chi connectivity index (χ4n) is 7.05. The molecular weight excluding hydrogens is 572 g/mol. The highest BCUT2D eigenvalue weighted by Gasteiger charge is 2.33. The van der Waals surface area contributed by atoms with E-state index >= 15 is 0 Å². The molecule has 0 radical (unpaired) electrons. The van der Waals surface area contributed by atoms with Gasteiger partial charge in [-0.1, -0.05) is 26.7 Å². The second kappa shape index (κ2) is 15.1. The molecule has 0 aromatic heterocycles. The van der Waals surface area contributed by atoms with Crippen molar-refractivity contribution in [2.45, 2.75) is 97.6 Å². The number of halogens is 4. The normalized spacial score (nSPS) is 32.9. The van der Waals surface area contributed by atoms with Gasteiger partial charge in [-0.3, -0.25) is 0 Å². The van der Waals surface area contributed by atoms with Crippen LogP contribution in [0, 0.1) is 66.7 Å². The molecule has 0 unspecified atom stereocenters. The molecule has 0 amide bonds. The van der Waals surface area contributed by atoms with E-state index in [1.807, 2.05) is 0 Å². The zero-order chi connectivity index (χ0) is 31.4. The lowest BCUT2D eigenvalue weighted by Crippen LogP contribution is -2.37. The molecule has 4 nitrogen and oxygen atoms in total. The van der Waals surface area contributed by atoms with Gasteiger partial charge in [-0.05, 0) is 100.0 Å². The maximum Gasteiger partial charge on any atom is 0.184 e. The second-order valence-electron chi connectivity index (χ2n) is 13.7. The molecule has 2 aliphatic carbocycles. The van der Waals surface area contributed by atoms with Crippen molar-refractivity contribution < 1.29 is 36.5 Å². The molecule has 2 saturated carbocycles. The topological polar surface area (TPSA) is 36.9 Å². The minimum absolute atomic E-state index is 0.0359. The molecule has 44 heavy (non-hydrogen) atoms. The summed E-state index contributed by atoms with van der Waals surface area (Å²) in [6.07, 6.45) is 8.12. The van der Waals surface area contributed by atoms with Crippen molar-refractivity contribution in [1.82, 2.24) is 0 Å². The zero-order valence-corrected chi connectivity index (χ0v) is 26.6. The fraction of sp³-hybridized carbons (Fsp3) is 0.667. The van der Waals surface area contributed by atoms with Gasteiger partial charge in [0.15, 0.2) is 12.6 Å². The largest absolute Gasteiger partial charge is 0.352 e. The Hall–Kier alpha value is -2.00. The van der Waals surface area contributed by atoms with Crippen molar-refractivity contribution in [2.75, 3.05) is 26.4 Å². The number of hydrogen-bond donors (Lipinski definition) is 0. The summed E-state index contributed by atoms with van der Waals surface area (Å²) in [6.45, 7) is 10.1. The lowest BCUT2D eigenvalue weighted by Gasteiger charge is -2.37. The van der Waals surface area contributed by atoms with Crippen molar-refractivity contribution in [3.63, 3.8) is 0 Å². The predicted molar refractivity (Wildman–Crippen MR) is 161 cm³/mol. The molecule has 0 atom stereocenters. The van der Waals surface area contributed by atoms with E-state index in [4.69, 9.17) is 18.9 Å². The quantitative estimate of drug-likeness (QED) is 0.319. The first-order chi connectivity index (χ1) is 21.1. The first kappa shape index (κ1) is 33.4. The molecule has 4 aliphatic rings. The Morgan fingerprint density at radius 3 is 1.45 bits per heavy atom. The maximum absolute atomic E-state index is 13.7. The highest BCUT2D eigenvalue weighted by atomic mass is 19.1. The molecule has 8 heteroatoms. The van der Waals surface area contributed by atoms with E-state index < -0.39 is 29.6 Å². The van der Waals surface area contributed by atoms with E-state index in [1.54, 1.807) is 0 Å². The Kier molecular flexibility index (Phi) is 11.4. The minimum atomic E-state index is -0.650. The third-order valence-electron chi connectivity index (χ3n) is 10.2. The first-order valence-electron chi connectivity index (χ1n) is 16.5. The van der Waals surface area contributed by atoms with Crippen molar-refractivity contribution in [2.24, 2.45) is 29.6 Å². The Morgan fingerprint density at radius 2 is 0.955 bits per heavy atom. The Balaban J connectivity index is 0.000000175. The van der Waals surface area contributed by atoms with E-state index in [-0.39, 0.29) is 23.3 Å². The smallest absolute Gasteiger partial charge is 0.184 e. The minimum Gasteiger partial charge on any atom is -0.352 e. The van der Waals surface area contributed by atoms with Crippen LogP contribution in [0.1, 0.15) is 99.7 Å². The molecule has 0 N–H and O–H groups in total. The van der Waals surface area contributed by atoms with Gasteiger partial charge < -0.3 is 18.9 Å². The van der Waals surface area contributed by atoms with E-state index in [0.29, 0.717) is 42.4 Å². The van der Waals surface area contributed by atoms with Crippen LogP contribution in [-0.4, -0.2) is 32.7 Å². The van der Waals surface area contributed by atoms with Gasteiger partial charge >= 0.3 is 0 Å². The van der Waals surface area contributed by atoms with Gasteiger partial charge in [0.05, 0.1) is 26.4 Å².